The number of carbonyl (C=O) groups excluding carboxylic acids is 1. The number of cyclic esters (lactones) is 1. The van der Waals surface area contributed by atoms with Gasteiger partial charge in [-0.15, -0.1) is 0 Å². The number of amides is 1. The van der Waals surface area contributed by atoms with Crippen LogP contribution in [0.15, 0.2) is 77.7 Å². The molecule has 0 N–H and O–H groups in total. The second kappa shape index (κ2) is 8.42. The Hall–Kier alpha value is -3.34. The summed E-state index contributed by atoms with van der Waals surface area (Å²) in [6, 6.07) is 21.5. The van der Waals surface area contributed by atoms with Crippen molar-refractivity contribution in [3.05, 3.63) is 94.4 Å². The van der Waals surface area contributed by atoms with Gasteiger partial charge in [0.05, 0.1) is 6.04 Å². The van der Waals surface area contributed by atoms with Crippen LogP contribution in [0.4, 0.5) is 4.79 Å². The molecule has 1 fully saturated rings. The van der Waals surface area contributed by atoms with Crippen molar-refractivity contribution in [2.75, 3.05) is 6.54 Å². The molecule has 5 nitrogen and oxygen atoms in total. The van der Waals surface area contributed by atoms with Crippen LogP contribution in [-0.4, -0.2) is 22.1 Å². The maximum atomic E-state index is 13.0. The van der Waals surface area contributed by atoms with Crippen molar-refractivity contribution >= 4 is 6.09 Å². The predicted octanol–water partition coefficient (Wildman–Crippen LogP) is 5.26. The molecular weight excluding hydrogens is 388 g/mol. The normalized spacial score (nSPS) is 19.7. The Kier molecular flexibility index (Phi) is 5.68. The van der Waals surface area contributed by atoms with Gasteiger partial charge >= 0.3 is 6.09 Å². The van der Waals surface area contributed by atoms with Gasteiger partial charge in [0.1, 0.15) is 5.60 Å². The molecule has 1 saturated heterocycles. The van der Waals surface area contributed by atoms with Gasteiger partial charge < -0.3 is 14.2 Å². The van der Waals surface area contributed by atoms with E-state index in [0.717, 1.165) is 35.1 Å². The number of hydrogen-bond donors (Lipinski definition) is 0. The topological polar surface area (TPSA) is 51.5 Å². The first-order valence-corrected chi connectivity index (χ1v) is 10.7. The molecule has 2 atom stereocenters. The number of ether oxygens (including phenoxy) is 1. The van der Waals surface area contributed by atoms with E-state index in [2.05, 4.69) is 6.92 Å². The van der Waals surface area contributed by atoms with Crippen LogP contribution >= 0.6 is 0 Å². The van der Waals surface area contributed by atoms with Crippen molar-refractivity contribution in [1.82, 2.24) is 9.47 Å². The van der Waals surface area contributed by atoms with Crippen LogP contribution < -0.4 is 5.56 Å². The summed E-state index contributed by atoms with van der Waals surface area (Å²) in [5.41, 5.74) is 3.32. The lowest BCUT2D eigenvalue weighted by molar-refractivity contribution is -0.0511. The second-order valence-electron chi connectivity index (χ2n) is 8.32. The molecule has 0 spiro atoms. The summed E-state index contributed by atoms with van der Waals surface area (Å²) in [6.45, 7) is 4.70. The van der Waals surface area contributed by atoms with Crippen molar-refractivity contribution in [3.63, 3.8) is 0 Å². The third kappa shape index (κ3) is 4.13. The minimum Gasteiger partial charge on any atom is -0.438 e. The first-order chi connectivity index (χ1) is 14.9. The summed E-state index contributed by atoms with van der Waals surface area (Å²) in [5, 5.41) is 0. The molecule has 160 valence electrons. The highest BCUT2D eigenvalue weighted by atomic mass is 16.6. The monoisotopic (exact) mass is 416 g/mol. The zero-order valence-electron chi connectivity index (χ0n) is 18.2. The van der Waals surface area contributed by atoms with Crippen LogP contribution in [0.1, 0.15) is 43.9 Å². The molecular formula is C26H28N2O3. The average molecular weight is 417 g/mol. The summed E-state index contributed by atoms with van der Waals surface area (Å²) in [7, 11) is 1.74. The van der Waals surface area contributed by atoms with E-state index < -0.39 is 5.60 Å². The third-order valence-corrected chi connectivity index (χ3v) is 6.26. The first kappa shape index (κ1) is 20.9. The van der Waals surface area contributed by atoms with Gasteiger partial charge in [0.25, 0.3) is 5.56 Å². The lowest BCUT2D eigenvalue weighted by Gasteiger charge is -2.42. The molecule has 2 heterocycles. The van der Waals surface area contributed by atoms with Crippen LogP contribution in [0.2, 0.25) is 0 Å². The van der Waals surface area contributed by atoms with Crippen molar-refractivity contribution in [1.29, 1.82) is 0 Å². The van der Waals surface area contributed by atoms with E-state index in [9.17, 15) is 9.59 Å². The molecule has 1 unspecified atom stereocenters. The van der Waals surface area contributed by atoms with Gasteiger partial charge in [0.15, 0.2) is 0 Å². The molecule has 31 heavy (non-hydrogen) atoms. The van der Waals surface area contributed by atoms with Crippen LogP contribution in [0, 0.1) is 0 Å². The van der Waals surface area contributed by atoms with E-state index in [1.54, 1.807) is 23.9 Å². The van der Waals surface area contributed by atoms with E-state index in [1.165, 1.54) is 0 Å². The maximum Gasteiger partial charge on any atom is 0.411 e. The van der Waals surface area contributed by atoms with Crippen LogP contribution in [0.25, 0.3) is 11.1 Å². The molecule has 5 heteroatoms. The smallest absolute Gasteiger partial charge is 0.411 e. The quantitative estimate of drug-likeness (QED) is 0.570. The number of nitrogens with zero attached hydrogens (tertiary/aromatic N) is 2. The van der Waals surface area contributed by atoms with Gasteiger partial charge in [-0.1, -0.05) is 61.5 Å². The molecule has 0 bridgehead atoms. The minimum absolute atomic E-state index is 0.0365. The highest BCUT2D eigenvalue weighted by Crippen LogP contribution is 2.37. The van der Waals surface area contributed by atoms with E-state index in [4.69, 9.17) is 4.74 Å². The third-order valence-electron chi connectivity index (χ3n) is 6.26. The van der Waals surface area contributed by atoms with Crippen molar-refractivity contribution in [2.24, 2.45) is 7.05 Å². The van der Waals surface area contributed by atoms with Crippen molar-refractivity contribution < 1.29 is 9.53 Å². The van der Waals surface area contributed by atoms with Crippen molar-refractivity contribution in [2.45, 2.75) is 38.3 Å². The summed E-state index contributed by atoms with van der Waals surface area (Å²) in [4.78, 5) is 26.7. The Morgan fingerprint density at radius 3 is 2.32 bits per heavy atom. The highest BCUT2D eigenvalue weighted by Gasteiger charge is 2.40. The van der Waals surface area contributed by atoms with Crippen LogP contribution in [0.5, 0.6) is 0 Å². The fourth-order valence-electron chi connectivity index (χ4n) is 4.27. The summed E-state index contributed by atoms with van der Waals surface area (Å²) in [5.74, 6) is 0. The fourth-order valence-corrected chi connectivity index (χ4v) is 4.27. The lowest BCUT2D eigenvalue weighted by atomic mass is 9.90. The molecule has 1 aliphatic rings. The van der Waals surface area contributed by atoms with Gasteiger partial charge in [-0.2, -0.15) is 0 Å². The minimum atomic E-state index is -0.601. The van der Waals surface area contributed by atoms with Gasteiger partial charge in [-0.25, -0.2) is 4.79 Å². The second-order valence-corrected chi connectivity index (χ2v) is 8.32. The molecule has 4 rings (SSSR count). The molecule has 1 aliphatic heterocycles. The Balaban J connectivity index is 1.53. The standard InChI is InChI=1S/C26H28N2O3/c1-4-23(20-12-10-19(11-13-20)21-14-16-27(3)24(29)18-21)28-17-15-26(2,31-25(28)30)22-8-6-5-7-9-22/h5-14,16,18,23H,4,15,17H2,1-3H3/t23-,26?/m0/s1. The SMILES string of the molecule is CC[C@@H](c1ccc(-c2ccn(C)c(=O)c2)cc1)N1CCC(C)(c2ccccc2)OC1=O. The van der Waals surface area contributed by atoms with Gasteiger partial charge in [0.2, 0.25) is 0 Å². The summed E-state index contributed by atoms with van der Waals surface area (Å²) >= 11 is 0. The van der Waals surface area contributed by atoms with E-state index in [-0.39, 0.29) is 17.7 Å². The highest BCUT2D eigenvalue weighted by molar-refractivity contribution is 5.70. The molecule has 1 amide bonds. The first-order valence-electron chi connectivity index (χ1n) is 10.7. The summed E-state index contributed by atoms with van der Waals surface area (Å²) in [6.07, 6.45) is 3.03. The van der Waals surface area contributed by atoms with E-state index >= 15 is 0 Å². The molecule has 0 radical (unpaired) electrons. The lowest BCUT2D eigenvalue weighted by Crippen LogP contribution is -2.47. The number of carbonyl (C=O) groups is 1. The zero-order chi connectivity index (χ0) is 22.0. The van der Waals surface area contributed by atoms with Crippen LogP contribution in [0.3, 0.4) is 0 Å². The maximum absolute atomic E-state index is 13.0. The number of aryl methyl sites for hydroxylation is 1. The predicted molar refractivity (Wildman–Crippen MR) is 122 cm³/mol. The summed E-state index contributed by atoms with van der Waals surface area (Å²) < 4.78 is 7.50. The van der Waals surface area contributed by atoms with Gasteiger partial charge in [0, 0.05) is 32.3 Å². The van der Waals surface area contributed by atoms with E-state index in [1.807, 2.05) is 72.5 Å². The van der Waals surface area contributed by atoms with Gasteiger partial charge in [-0.05, 0) is 41.7 Å². The Labute approximate surface area is 182 Å². The van der Waals surface area contributed by atoms with E-state index in [0.29, 0.717) is 6.54 Å². The molecule has 0 aliphatic carbocycles. The average Bonchev–Trinajstić information content (AvgIpc) is 2.79. The fraction of sp³-hybridized carbons (Fsp3) is 0.308. The Morgan fingerprint density at radius 1 is 1.00 bits per heavy atom. The molecule has 1 aromatic heterocycles. The number of rotatable bonds is 5. The van der Waals surface area contributed by atoms with Crippen molar-refractivity contribution in [3.8, 4) is 11.1 Å². The van der Waals surface area contributed by atoms with Crippen LogP contribution in [-0.2, 0) is 17.4 Å². The Morgan fingerprint density at radius 2 is 1.71 bits per heavy atom. The number of benzene rings is 2. The number of hydrogen-bond acceptors (Lipinski definition) is 3. The zero-order valence-corrected chi connectivity index (χ0v) is 18.2. The molecule has 2 aromatic carbocycles. The number of aromatic nitrogens is 1. The molecule has 0 saturated carbocycles. The Bertz CT molecular complexity index is 1120. The van der Waals surface area contributed by atoms with Gasteiger partial charge in [-0.3, -0.25) is 4.79 Å². The largest absolute Gasteiger partial charge is 0.438 e. The molecule has 3 aromatic rings. The number of pyridine rings is 1.